The van der Waals surface area contributed by atoms with E-state index in [0.717, 1.165) is 37.0 Å². The molecule has 3 N–H and O–H groups in total. The summed E-state index contributed by atoms with van der Waals surface area (Å²) in [4.78, 5) is 12.0. The Bertz CT molecular complexity index is 440. The maximum absolute atomic E-state index is 12.0. The lowest BCUT2D eigenvalue weighted by Crippen LogP contribution is -2.39. The zero-order valence-corrected chi connectivity index (χ0v) is 12.6. The SMILES string of the molecule is COc1cccc(CCNC(=O)C2CCCC2N)c1.Cl. The van der Waals surface area contributed by atoms with Gasteiger partial charge in [0.15, 0.2) is 0 Å². The Morgan fingerprint density at radius 2 is 2.25 bits per heavy atom. The van der Waals surface area contributed by atoms with E-state index in [0.29, 0.717) is 6.54 Å². The van der Waals surface area contributed by atoms with E-state index in [1.165, 1.54) is 0 Å². The van der Waals surface area contributed by atoms with E-state index < -0.39 is 0 Å². The zero-order chi connectivity index (χ0) is 13.7. The minimum atomic E-state index is 0. The summed E-state index contributed by atoms with van der Waals surface area (Å²) in [6.07, 6.45) is 3.76. The Kier molecular flexibility index (Phi) is 6.82. The molecule has 5 heteroatoms. The van der Waals surface area contributed by atoms with Gasteiger partial charge in [-0.05, 0) is 37.0 Å². The van der Waals surface area contributed by atoms with Crippen molar-refractivity contribution in [2.45, 2.75) is 31.7 Å². The van der Waals surface area contributed by atoms with Crippen LogP contribution in [0.5, 0.6) is 5.75 Å². The summed E-state index contributed by atoms with van der Waals surface area (Å²) >= 11 is 0. The van der Waals surface area contributed by atoms with Gasteiger partial charge in [-0.2, -0.15) is 0 Å². The maximum Gasteiger partial charge on any atom is 0.224 e. The Morgan fingerprint density at radius 3 is 2.90 bits per heavy atom. The molecule has 2 unspecified atom stereocenters. The van der Waals surface area contributed by atoms with Crippen LogP contribution in [0.4, 0.5) is 0 Å². The van der Waals surface area contributed by atoms with Crippen molar-refractivity contribution in [1.29, 1.82) is 0 Å². The molecule has 1 amide bonds. The second-order valence-electron chi connectivity index (χ2n) is 5.09. The van der Waals surface area contributed by atoms with Gasteiger partial charge in [0.1, 0.15) is 5.75 Å². The van der Waals surface area contributed by atoms with Crippen LogP contribution in [0, 0.1) is 5.92 Å². The van der Waals surface area contributed by atoms with Crippen LogP contribution in [-0.4, -0.2) is 25.6 Å². The molecule has 20 heavy (non-hydrogen) atoms. The molecule has 1 saturated carbocycles. The molecule has 1 fully saturated rings. The molecule has 1 aliphatic rings. The highest BCUT2D eigenvalue weighted by Gasteiger charge is 2.29. The van der Waals surface area contributed by atoms with Crippen molar-refractivity contribution in [2.24, 2.45) is 11.7 Å². The Morgan fingerprint density at radius 1 is 1.45 bits per heavy atom. The van der Waals surface area contributed by atoms with Crippen molar-refractivity contribution in [1.82, 2.24) is 5.32 Å². The quantitative estimate of drug-likeness (QED) is 0.873. The molecule has 112 valence electrons. The van der Waals surface area contributed by atoms with Crippen molar-refractivity contribution in [2.75, 3.05) is 13.7 Å². The number of methoxy groups -OCH3 is 1. The summed E-state index contributed by atoms with van der Waals surface area (Å²) in [7, 11) is 1.66. The molecule has 0 saturated heterocycles. The second kappa shape index (κ2) is 8.12. The van der Waals surface area contributed by atoms with Gasteiger partial charge in [-0.3, -0.25) is 4.79 Å². The Labute approximate surface area is 126 Å². The van der Waals surface area contributed by atoms with E-state index in [1.807, 2.05) is 24.3 Å². The topological polar surface area (TPSA) is 64.3 Å². The number of carbonyl (C=O) groups excluding carboxylic acids is 1. The Hall–Kier alpha value is -1.26. The maximum atomic E-state index is 12.0. The zero-order valence-electron chi connectivity index (χ0n) is 11.8. The standard InChI is InChI=1S/C15H22N2O2.ClH/c1-19-12-5-2-4-11(10-12)8-9-17-15(18)13-6-3-7-14(13)16;/h2,4-5,10,13-14H,3,6-9,16H2,1H3,(H,17,18);1H. The van der Waals surface area contributed by atoms with Crippen LogP contribution in [0.3, 0.4) is 0 Å². The third kappa shape index (κ3) is 4.39. The molecular formula is C15H23ClN2O2. The van der Waals surface area contributed by atoms with Gasteiger partial charge in [-0.15, -0.1) is 12.4 Å². The number of hydrogen-bond acceptors (Lipinski definition) is 3. The van der Waals surface area contributed by atoms with Gasteiger partial charge in [0, 0.05) is 12.6 Å². The minimum Gasteiger partial charge on any atom is -0.497 e. The van der Waals surface area contributed by atoms with Crippen molar-refractivity contribution in [3.63, 3.8) is 0 Å². The molecule has 0 aliphatic heterocycles. The number of carbonyl (C=O) groups is 1. The molecule has 0 spiro atoms. The van der Waals surface area contributed by atoms with Crippen LogP contribution in [0.25, 0.3) is 0 Å². The number of halogens is 1. The molecule has 0 bridgehead atoms. The number of nitrogens with two attached hydrogens (primary N) is 1. The smallest absolute Gasteiger partial charge is 0.224 e. The lowest BCUT2D eigenvalue weighted by atomic mass is 10.0. The van der Waals surface area contributed by atoms with Gasteiger partial charge in [-0.1, -0.05) is 18.6 Å². The molecule has 1 aliphatic carbocycles. The minimum absolute atomic E-state index is 0. The average Bonchev–Trinajstić information content (AvgIpc) is 2.85. The highest BCUT2D eigenvalue weighted by molar-refractivity contribution is 5.85. The van der Waals surface area contributed by atoms with E-state index in [2.05, 4.69) is 5.32 Å². The predicted octanol–water partition coefficient (Wildman–Crippen LogP) is 1.90. The van der Waals surface area contributed by atoms with Crippen LogP contribution in [0.2, 0.25) is 0 Å². The highest BCUT2D eigenvalue weighted by Crippen LogP contribution is 2.23. The fourth-order valence-corrected chi connectivity index (χ4v) is 2.60. The molecule has 1 aromatic carbocycles. The monoisotopic (exact) mass is 298 g/mol. The lowest BCUT2D eigenvalue weighted by molar-refractivity contribution is -0.125. The molecular weight excluding hydrogens is 276 g/mol. The van der Waals surface area contributed by atoms with E-state index >= 15 is 0 Å². The first-order chi connectivity index (χ1) is 9.20. The summed E-state index contributed by atoms with van der Waals surface area (Å²) in [6, 6.07) is 7.95. The summed E-state index contributed by atoms with van der Waals surface area (Å²) in [5, 5.41) is 2.98. The van der Waals surface area contributed by atoms with Crippen LogP contribution >= 0.6 is 12.4 Å². The van der Waals surface area contributed by atoms with E-state index in [1.54, 1.807) is 7.11 Å². The number of hydrogen-bond donors (Lipinski definition) is 2. The number of nitrogens with one attached hydrogen (secondary N) is 1. The number of rotatable bonds is 5. The Balaban J connectivity index is 0.00000200. The second-order valence-corrected chi connectivity index (χ2v) is 5.09. The lowest BCUT2D eigenvalue weighted by Gasteiger charge is -2.15. The molecule has 2 atom stereocenters. The first-order valence-corrected chi connectivity index (χ1v) is 6.87. The van der Waals surface area contributed by atoms with Crippen molar-refractivity contribution in [3.05, 3.63) is 29.8 Å². The molecule has 0 aromatic heterocycles. The fraction of sp³-hybridized carbons (Fsp3) is 0.533. The molecule has 0 radical (unpaired) electrons. The van der Waals surface area contributed by atoms with Crippen LogP contribution in [0.1, 0.15) is 24.8 Å². The summed E-state index contributed by atoms with van der Waals surface area (Å²) in [6.45, 7) is 0.648. The average molecular weight is 299 g/mol. The summed E-state index contributed by atoms with van der Waals surface area (Å²) < 4.78 is 5.17. The van der Waals surface area contributed by atoms with Crippen LogP contribution in [0.15, 0.2) is 24.3 Å². The van der Waals surface area contributed by atoms with Gasteiger partial charge in [0.05, 0.1) is 13.0 Å². The van der Waals surface area contributed by atoms with E-state index in [9.17, 15) is 4.79 Å². The van der Waals surface area contributed by atoms with Gasteiger partial charge in [-0.25, -0.2) is 0 Å². The van der Waals surface area contributed by atoms with Gasteiger partial charge in [0.25, 0.3) is 0 Å². The van der Waals surface area contributed by atoms with E-state index in [4.69, 9.17) is 10.5 Å². The van der Waals surface area contributed by atoms with Crippen molar-refractivity contribution in [3.8, 4) is 5.75 Å². The normalized spacial score (nSPS) is 21.1. The van der Waals surface area contributed by atoms with Gasteiger partial charge >= 0.3 is 0 Å². The largest absolute Gasteiger partial charge is 0.497 e. The third-order valence-electron chi connectivity index (χ3n) is 3.75. The fourth-order valence-electron chi connectivity index (χ4n) is 2.60. The highest BCUT2D eigenvalue weighted by atomic mass is 35.5. The number of ether oxygens (including phenoxy) is 1. The van der Waals surface area contributed by atoms with Crippen molar-refractivity contribution < 1.29 is 9.53 Å². The molecule has 4 nitrogen and oxygen atoms in total. The van der Waals surface area contributed by atoms with Crippen LogP contribution in [-0.2, 0) is 11.2 Å². The predicted molar refractivity (Wildman–Crippen MR) is 82.3 cm³/mol. The van der Waals surface area contributed by atoms with Gasteiger partial charge in [0.2, 0.25) is 5.91 Å². The van der Waals surface area contributed by atoms with Crippen LogP contribution < -0.4 is 15.8 Å². The first kappa shape index (κ1) is 16.8. The first-order valence-electron chi connectivity index (χ1n) is 6.87. The summed E-state index contributed by atoms with van der Waals surface area (Å²) in [5.74, 6) is 0.958. The van der Waals surface area contributed by atoms with Gasteiger partial charge < -0.3 is 15.8 Å². The summed E-state index contributed by atoms with van der Waals surface area (Å²) in [5.41, 5.74) is 7.09. The van der Waals surface area contributed by atoms with E-state index in [-0.39, 0.29) is 30.3 Å². The molecule has 2 rings (SSSR count). The number of benzene rings is 1. The van der Waals surface area contributed by atoms with Crippen molar-refractivity contribution >= 4 is 18.3 Å². The third-order valence-corrected chi connectivity index (χ3v) is 3.75. The number of amides is 1. The molecule has 0 heterocycles. The molecule has 1 aromatic rings.